The van der Waals surface area contributed by atoms with Crippen LogP contribution in [0.1, 0.15) is 24.0 Å². The summed E-state index contributed by atoms with van der Waals surface area (Å²) in [5, 5.41) is 1.61. The molecule has 0 radical (unpaired) electrons. The molecule has 3 aromatic rings. The number of hydrogen-bond donors (Lipinski definition) is 1. The van der Waals surface area contributed by atoms with Crippen LogP contribution in [-0.2, 0) is 12.8 Å². The smallest absolute Gasteiger partial charge is 0.255 e. The lowest BCUT2D eigenvalue weighted by Gasteiger charge is -2.17. The average molecular weight is 276 g/mol. The number of aromatic nitrogens is 2. The van der Waals surface area contributed by atoms with Gasteiger partial charge in [-0.3, -0.25) is 9.78 Å². The topological polar surface area (TPSA) is 45.8 Å². The number of aryl methyl sites for hydroxylation is 2. The highest BCUT2D eigenvalue weighted by Crippen LogP contribution is 2.30. The van der Waals surface area contributed by atoms with Gasteiger partial charge in [-0.25, -0.2) is 0 Å². The van der Waals surface area contributed by atoms with E-state index in [1.165, 1.54) is 30.4 Å². The zero-order valence-electron chi connectivity index (χ0n) is 11.7. The van der Waals surface area contributed by atoms with Crippen molar-refractivity contribution in [1.29, 1.82) is 0 Å². The molecule has 0 saturated heterocycles. The number of H-pyrrole nitrogens is 1. The first-order valence-electron chi connectivity index (χ1n) is 7.40. The molecule has 0 atom stereocenters. The Morgan fingerprint density at radius 2 is 1.86 bits per heavy atom. The molecule has 0 fully saturated rings. The molecule has 1 N–H and O–H groups in total. The van der Waals surface area contributed by atoms with E-state index in [2.05, 4.69) is 28.2 Å². The van der Waals surface area contributed by atoms with Crippen LogP contribution in [0.2, 0.25) is 0 Å². The van der Waals surface area contributed by atoms with E-state index in [1.807, 2.05) is 0 Å². The number of fused-ring (bicyclic) bond motifs is 2. The maximum Gasteiger partial charge on any atom is 0.255 e. The molecule has 0 saturated carbocycles. The number of hydrogen-bond acceptors (Lipinski definition) is 2. The second-order valence-corrected chi connectivity index (χ2v) is 5.64. The molecule has 21 heavy (non-hydrogen) atoms. The first-order chi connectivity index (χ1) is 10.3. The van der Waals surface area contributed by atoms with Crippen molar-refractivity contribution in [2.75, 3.05) is 0 Å². The van der Waals surface area contributed by atoms with Crippen LogP contribution < -0.4 is 5.56 Å². The third-order valence-corrected chi connectivity index (χ3v) is 4.36. The lowest BCUT2D eigenvalue weighted by molar-refractivity contribution is 0.686. The van der Waals surface area contributed by atoms with Gasteiger partial charge in [0.15, 0.2) is 0 Å². The zero-order valence-corrected chi connectivity index (χ0v) is 11.7. The van der Waals surface area contributed by atoms with E-state index in [4.69, 9.17) is 0 Å². The van der Waals surface area contributed by atoms with Gasteiger partial charge >= 0.3 is 0 Å². The molecule has 4 rings (SSSR count). The van der Waals surface area contributed by atoms with Crippen LogP contribution in [0.3, 0.4) is 0 Å². The fraction of sp³-hybridized carbons (Fsp3) is 0.222. The Morgan fingerprint density at radius 1 is 1.00 bits per heavy atom. The molecule has 1 aliphatic carbocycles. The van der Waals surface area contributed by atoms with Gasteiger partial charge in [0.1, 0.15) is 0 Å². The molecular formula is C18H16N2O. The Hall–Kier alpha value is -2.42. The Morgan fingerprint density at radius 3 is 2.76 bits per heavy atom. The Balaban J connectivity index is 1.95. The van der Waals surface area contributed by atoms with E-state index in [-0.39, 0.29) is 5.56 Å². The van der Waals surface area contributed by atoms with Crippen molar-refractivity contribution in [2.45, 2.75) is 25.7 Å². The average Bonchev–Trinajstić information content (AvgIpc) is 2.55. The van der Waals surface area contributed by atoms with Crippen molar-refractivity contribution in [3.63, 3.8) is 0 Å². The molecule has 0 unspecified atom stereocenters. The van der Waals surface area contributed by atoms with Crippen LogP contribution in [0.5, 0.6) is 0 Å². The van der Waals surface area contributed by atoms with Crippen molar-refractivity contribution in [2.24, 2.45) is 0 Å². The van der Waals surface area contributed by atoms with Crippen LogP contribution in [-0.4, -0.2) is 9.97 Å². The van der Waals surface area contributed by atoms with Crippen LogP contribution in [0.25, 0.3) is 21.9 Å². The molecule has 1 aromatic carbocycles. The molecule has 0 spiro atoms. The summed E-state index contributed by atoms with van der Waals surface area (Å²) in [6.07, 6.45) is 10.1. The summed E-state index contributed by atoms with van der Waals surface area (Å²) in [5.74, 6) is 0. The summed E-state index contributed by atoms with van der Waals surface area (Å²) in [7, 11) is 0. The highest BCUT2D eigenvalue weighted by Gasteiger charge is 2.12. The van der Waals surface area contributed by atoms with Crippen molar-refractivity contribution in [3.05, 3.63) is 64.3 Å². The molecule has 0 aliphatic heterocycles. The van der Waals surface area contributed by atoms with Crippen LogP contribution in [0, 0.1) is 0 Å². The zero-order chi connectivity index (χ0) is 14.2. The molecule has 0 bridgehead atoms. The summed E-state index contributed by atoms with van der Waals surface area (Å²) >= 11 is 0. The van der Waals surface area contributed by atoms with Gasteiger partial charge in [0.25, 0.3) is 5.56 Å². The number of benzene rings is 1. The van der Waals surface area contributed by atoms with Gasteiger partial charge in [0.05, 0.1) is 5.39 Å². The van der Waals surface area contributed by atoms with Gasteiger partial charge in [-0.15, -0.1) is 0 Å². The largest absolute Gasteiger partial charge is 0.328 e. The number of nitrogens with one attached hydrogen (secondary N) is 1. The van der Waals surface area contributed by atoms with Gasteiger partial charge in [-0.2, -0.15) is 0 Å². The predicted molar refractivity (Wildman–Crippen MR) is 84.4 cm³/mol. The molecule has 1 aliphatic rings. The van der Waals surface area contributed by atoms with E-state index < -0.39 is 0 Å². The van der Waals surface area contributed by atoms with E-state index >= 15 is 0 Å². The fourth-order valence-electron chi connectivity index (χ4n) is 3.24. The van der Waals surface area contributed by atoms with E-state index in [0.29, 0.717) is 5.39 Å². The van der Waals surface area contributed by atoms with E-state index in [0.717, 1.165) is 22.9 Å². The molecular weight excluding hydrogens is 260 g/mol. The third kappa shape index (κ3) is 2.05. The van der Waals surface area contributed by atoms with Crippen molar-refractivity contribution < 1.29 is 0 Å². The first-order valence-corrected chi connectivity index (χ1v) is 7.40. The summed E-state index contributed by atoms with van der Waals surface area (Å²) < 4.78 is 0. The monoisotopic (exact) mass is 276 g/mol. The quantitative estimate of drug-likeness (QED) is 0.739. The van der Waals surface area contributed by atoms with Crippen LogP contribution >= 0.6 is 0 Å². The fourth-order valence-corrected chi connectivity index (χ4v) is 3.24. The predicted octanol–water partition coefficient (Wildman–Crippen LogP) is 3.47. The van der Waals surface area contributed by atoms with Crippen molar-refractivity contribution in [3.8, 4) is 11.1 Å². The summed E-state index contributed by atoms with van der Waals surface area (Å²) in [4.78, 5) is 18.9. The van der Waals surface area contributed by atoms with Gasteiger partial charge in [0, 0.05) is 29.5 Å². The Kier molecular flexibility index (Phi) is 2.85. The van der Waals surface area contributed by atoms with E-state index in [9.17, 15) is 4.79 Å². The molecule has 2 aromatic heterocycles. The molecule has 3 nitrogen and oxygen atoms in total. The minimum Gasteiger partial charge on any atom is -0.328 e. The number of pyridine rings is 2. The highest BCUT2D eigenvalue weighted by molar-refractivity contribution is 5.95. The van der Waals surface area contributed by atoms with Gasteiger partial charge in [0.2, 0.25) is 0 Å². The maximum absolute atomic E-state index is 11.9. The number of aromatic amines is 1. The molecule has 2 heterocycles. The highest BCUT2D eigenvalue weighted by atomic mass is 16.1. The van der Waals surface area contributed by atoms with Crippen LogP contribution in [0.15, 0.2) is 47.7 Å². The van der Waals surface area contributed by atoms with Gasteiger partial charge in [-0.1, -0.05) is 18.2 Å². The molecule has 104 valence electrons. The second-order valence-electron chi connectivity index (χ2n) is 5.64. The van der Waals surface area contributed by atoms with Gasteiger partial charge < -0.3 is 4.98 Å². The van der Waals surface area contributed by atoms with Crippen LogP contribution in [0.4, 0.5) is 0 Å². The second kappa shape index (κ2) is 4.85. The normalized spacial score (nSPS) is 14.1. The number of rotatable bonds is 1. The van der Waals surface area contributed by atoms with Gasteiger partial charge in [-0.05, 0) is 48.4 Å². The third-order valence-electron chi connectivity index (χ3n) is 4.36. The SMILES string of the molecule is O=c1[nH]cc(-c2ccc3c(c2)CCCC3)c2cnccc12. The lowest BCUT2D eigenvalue weighted by Crippen LogP contribution is -2.06. The lowest BCUT2D eigenvalue weighted by atomic mass is 9.89. The van der Waals surface area contributed by atoms with E-state index in [1.54, 1.807) is 24.7 Å². The molecule has 0 amide bonds. The summed E-state index contributed by atoms with van der Waals surface area (Å²) in [5.41, 5.74) is 5.06. The first kappa shape index (κ1) is 12.3. The Bertz CT molecular complexity index is 880. The van der Waals surface area contributed by atoms with Crippen molar-refractivity contribution in [1.82, 2.24) is 9.97 Å². The minimum atomic E-state index is -0.0610. The summed E-state index contributed by atoms with van der Waals surface area (Å²) in [6, 6.07) is 8.44. The Labute approximate surface area is 122 Å². The standard InChI is InChI=1S/C18H16N2O/c21-18-15-7-8-19-10-17(15)16(11-20-18)14-6-5-12-3-1-2-4-13(12)9-14/h5-11H,1-4H2,(H,20,21). The summed E-state index contributed by atoms with van der Waals surface area (Å²) in [6.45, 7) is 0. The number of nitrogens with zero attached hydrogens (tertiary/aromatic N) is 1. The molecule has 3 heteroatoms. The van der Waals surface area contributed by atoms with Crippen molar-refractivity contribution >= 4 is 10.8 Å². The minimum absolute atomic E-state index is 0.0610. The maximum atomic E-state index is 11.9.